The molecule has 1 unspecified atom stereocenters. The van der Waals surface area contributed by atoms with Crippen molar-refractivity contribution in [3.63, 3.8) is 0 Å². The molecule has 3 heterocycles. The molecule has 7 heteroatoms. The molecule has 1 aromatic carbocycles. The smallest absolute Gasteiger partial charge is 0.149 e. The molecule has 3 aromatic rings. The predicted octanol–water partition coefficient (Wildman–Crippen LogP) is 3.78. The molecule has 1 atom stereocenters. The monoisotopic (exact) mass is 397 g/mol. The van der Waals surface area contributed by atoms with Crippen molar-refractivity contribution >= 4 is 33.1 Å². The van der Waals surface area contributed by atoms with Crippen LogP contribution in [0.1, 0.15) is 29.2 Å². The quantitative estimate of drug-likeness (QED) is 0.723. The summed E-state index contributed by atoms with van der Waals surface area (Å²) in [6.45, 7) is 10.2. The molecule has 0 spiro atoms. The second-order valence-electron chi connectivity index (χ2n) is 7.30. The van der Waals surface area contributed by atoms with Gasteiger partial charge in [0, 0.05) is 31.1 Å². The summed E-state index contributed by atoms with van der Waals surface area (Å²) in [5.41, 5.74) is 8.64. The number of methoxy groups -OCH3 is 1. The first-order chi connectivity index (χ1) is 13.5. The highest BCUT2D eigenvalue weighted by Gasteiger charge is 2.26. The third-order valence-corrected chi connectivity index (χ3v) is 6.84. The lowest BCUT2D eigenvalue weighted by Crippen LogP contribution is -2.47. The van der Waals surface area contributed by atoms with Gasteiger partial charge >= 0.3 is 0 Å². The second-order valence-corrected chi connectivity index (χ2v) is 8.50. The number of ether oxygens (including phenoxy) is 1. The molecule has 1 aliphatic heterocycles. The van der Waals surface area contributed by atoms with Crippen molar-refractivity contribution in [3.05, 3.63) is 40.5 Å². The summed E-state index contributed by atoms with van der Waals surface area (Å²) in [4.78, 5) is 16.6. The van der Waals surface area contributed by atoms with Crippen molar-refractivity contribution in [2.45, 2.75) is 26.8 Å². The Labute approximate surface area is 170 Å². The molecule has 28 heavy (non-hydrogen) atoms. The van der Waals surface area contributed by atoms with Crippen LogP contribution < -0.4 is 15.4 Å². The summed E-state index contributed by atoms with van der Waals surface area (Å²) in [5, 5.41) is 1.01. The maximum atomic E-state index is 6.28. The van der Waals surface area contributed by atoms with E-state index < -0.39 is 0 Å². The Morgan fingerprint density at radius 3 is 2.54 bits per heavy atom. The zero-order valence-electron chi connectivity index (χ0n) is 16.9. The van der Waals surface area contributed by atoms with E-state index in [1.165, 1.54) is 10.4 Å². The first-order valence-corrected chi connectivity index (χ1v) is 10.5. The summed E-state index contributed by atoms with van der Waals surface area (Å²) in [5.74, 6) is 2.34. The van der Waals surface area contributed by atoms with Crippen LogP contribution in [-0.4, -0.2) is 48.2 Å². The van der Waals surface area contributed by atoms with Crippen molar-refractivity contribution in [1.29, 1.82) is 0 Å². The molecule has 0 bridgehead atoms. The molecule has 2 aromatic heterocycles. The van der Waals surface area contributed by atoms with Crippen molar-refractivity contribution in [3.8, 4) is 5.75 Å². The van der Waals surface area contributed by atoms with E-state index in [4.69, 9.17) is 15.5 Å². The Bertz CT molecular complexity index is 994. The molecule has 4 rings (SSSR count). The summed E-state index contributed by atoms with van der Waals surface area (Å²) in [7, 11) is 1.73. The fourth-order valence-electron chi connectivity index (χ4n) is 3.89. The number of thiophene rings is 1. The molecular formula is C21H27N5OS. The molecule has 148 valence electrons. The Balaban J connectivity index is 1.51. The topological polar surface area (TPSA) is 67.5 Å². The summed E-state index contributed by atoms with van der Waals surface area (Å²) in [6.07, 6.45) is 0. The largest absolute Gasteiger partial charge is 0.495 e. The van der Waals surface area contributed by atoms with Gasteiger partial charge in [0.2, 0.25) is 0 Å². The van der Waals surface area contributed by atoms with Crippen LogP contribution in [0, 0.1) is 13.8 Å². The number of nitrogens with zero attached hydrogens (tertiary/aromatic N) is 4. The number of piperazine rings is 1. The summed E-state index contributed by atoms with van der Waals surface area (Å²) < 4.78 is 5.52. The van der Waals surface area contributed by atoms with Gasteiger partial charge in [-0.2, -0.15) is 0 Å². The molecule has 0 amide bonds. The zero-order valence-corrected chi connectivity index (χ0v) is 17.7. The minimum absolute atomic E-state index is 0.134. The number of fused-ring (bicyclic) bond motifs is 1. The van der Waals surface area contributed by atoms with Crippen molar-refractivity contribution in [2.75, 3.05) is 43.9 Å². The van der Waals surface area contributed by atoms with Crippen LogP contribution in [0.25, 0.3) is 10.2 Å². The average Bonchev–Trinajstić information content (AvgIpc) is 3.01. The van der Waals surface area contributed by atoms with Gasteiger partial charge < -0.3 is 15.4 Å². The Kier molecular flexibility index (Phi) is 5.12. The molecule has 1 aliphatic rings. The minimum atomic E-state index is 0.134. The van der Waals surface area contributed by atoms with Gasteiger partial charge in [-0.25, -0.2) is 9.97 Å². The van der Waals surface area contributed by atoms with Crippen LogP contribution in [0.15, 0.2) is 24.3 Å². The van der Waals surface area contributed by atoms with Crippen LogP contribution in [0.4, 0.5) is 11.5 Å². The molecule has 1 saturated heterocycles. The van der Waals surface area contributed by atoms with Crippen LogP contribution in [-0.2, 0) is 0 Å². The number of nitrogens with two attached hydrogens (primary N) is 1. The minimum Gasteiger partial charge on any atom is -0.495 e. The molecular weight excluding hydrogens is 370 g/mol. The lowest BCUT2D eigenvalue weighted by molar-refractivity contribution is 0.192. The maximum Gasteiger partial charge on any atom is 0.149 e. The number of rotatable bonds is 4. The standard InChI is InChI=1S/C21H27N5OS/c1-13-15(3)28-21-18(13)19(22)23-20(24-21)14(2)25-9-11-26(12-10-25)16-7-5-6-8-17(16)27-4/h5-8,14H,9-12H2,1-4H3,(H2,22,23,24). The van der Waals surface area contributed by atoms with Crippen LogP contribution in [0.3, 0.4) is 0 Å². The van der Waals surface area contributed by atoms with Gasteiger partial charge in [0.25, 0.3) is 0 Å². The highest BCUT2D eigenvalue weighted by Crippen LogP contribution is 2.34. The number of aryl methyl sites for hydroxylation is 2. The highest BCUT2D eigenvalue weighted by molar-refractivity contribution is 7.18. The van der Waals surface area contributed by atoms with Crippen molar-refractivity contribution in [1.82, 2.24) is 14.9 Å². The fourth-order valence-corrected chi connectivity index (χ4v) is 4.93. The molecule has 0 aliphatic carbocycles. The van der Waals surface area contributed by atoms with Gasteiger partial charge in [0.1, 0.15) is 22.2 Å². The van der Waals surface area contributed by atoms with Crippen LogP contribution in [0.2, 0.25) is 0 Å². The maximum absolute atomic E-state index is 6.28. The number of hydrogen-bond donors (Lipinski definition) is 1. The molecule has 6 nitrogen and oxygen atoms in total. The van der Waals surface area contributed by atoms with E-state index in [1.807, 2.05) is 12.1 Å². The highest BCUT2D eigenvalue weighted by atomic mass is 32.1. The SMILES string of the molecule is COc1ccccc1N1CCN(C(C)c2nc(N)c3c(C)c(C)sc3n2)CC1. The first kappa shape index (κ1) is 19.0. The molecule has 0 saturated carbocycles. The number of benzene rings is 1. The Hall–Kier alpha value is -2.38. The van der Waals surface area contributed by atoms with E-state index in [2.05, 4.69) is 47.7 Å². The van der Waals surface area contributed by atoms with Gasteiger partial charge in [0.15, 0.2) is 0 Å². The van der Waals surface area contributed by atoms with E-state index in [0.29, 0.717) is 5.82 Å². The van der Waals surface area contributed by atoms with E-state index in [1.54, 1.807) is 18.4 Å². The number of para-hydroxylation sites is 2. The number of aromatic nitrogens is 2. The van der Waals surface area contributed by atoms with Gasteiger partial charge in [-0.05, 0) is 38.5 Å². The van der Waals surface area contributed by atoms with E-state index in [-0.39, 0.29) is 6.04 Å². The van der Waals surface area contributed by atoms with E-state index in [0.717, 1.165) is 53.7 Å². The predicted molar refractivity (Wildman–Crippen MR) is 116 cm³/mol. The normalized spacial score (nSPS) is 16.5. The van der Waals surface area contributed by atoms with E-state index in [9.17, 15) is 0 Å². The van der Waals surface area contributed by atoms with E-state index >= 15 is 0 Å². The summed E-state index contributed by atoms with van der Waals surface area (Å²) >= 11 is 1.70. The number of nitrogen functional groups attached to an aromatic ring is 1. The van der Waals surface area contributed by atoms with Gasteiger partial charge in [-0.3, -0.25) is 4.90 Å². The Morgan fingerprint density at radius 1 is 1.11 bits per heavy atom. The van der Waals surface area contributed by atoms with Gasteiger partial charge in [-0.15, -0.1) is 11.3 Å². The van der Waals surface area contributed by atoms with Crippen molar-refractivity contribution < 1.29 is 4.74 Å². The third-order valence-electron chi connectivity index (χ3n) is 5.74. The summed E-state index contributed by atoms with van der Waals surface area (Å²) in [6, 6.07) is 8.34. The van der Waals surface area contributed by atoms with Gasteiger partial charge in [-0.1, -0.05) is 12.1 Å². The lowest BCUT2D eigenvalue weighted by atomic mass is 10.1. The lowest BCUT2D eigenvalue weighted by Gasteiger charge is -2.39. The Morgan fingerprint density at radius 2 is 1.82 bits per heavy atom. The average molecular weight is 398 g/mol. The second kappa shape index (κ2) is 7.56. The molecule has 1 fully saturated rings. The third kappa shape index (κ3) is 3.29. The van der Waals surface area contributed by atoms with Crippen LogP contribution in [0.5, 0.6) is 5.75 Å². The fraction of sp³-hybridized carbons (Fsp3) is 0.429. The molecule has 0 radical (unpaired) electrons. The number of anilines is 2. The molecule has 2 N–H and O–H groups in total. The van der Waals surface area contributed by atoms with Crippen molar-refractivity contribution in [2.24, 2.45) is 0 Å². The first-order valence-electron chi connectivity index (χ1n) is 9.64. The van der Waals surface area contributed by atoms with Crippen LogP contribution >= 0.6 is 11.3 Å². The van der Waals surface area contributed by atoms with Gasteiger partial charge in [0.05, 0.1) is 24.2 Å². The zero-order chi connectivity index (χ0) is 19.8. The number of hydrogen-bond acceptors (Lipinski definition) is 7.